The Labute approximate surface area is 233 Å². The molecule has 3 rings (SSSR count). The van der Waals surface area contributed by atoms with Crippen LogP contribution in [-0.4, -0.2) is 71.8 Å². The lowest BCUT2D eigenvalue weighted by molar-refractivity contribution is -0.140. The summed E-state index contributed by atoms with van der Waals surface area (Å²) in [5, 5.41) is 5.58. The molecule has 3 atom stereocenters. The Morgan fingerprint density at radius 1 is 1.12 bits per heavy atom. The number of nitrogens with two attached hydrogens (primary N) is 1. The Morgan fingerprint density at radius 2 is 1.80 bits per heavy atom. The smallest absolute Gasteiger partial charge is 0.348 e. The van der Waals surface area contributed by atoms with Crippen molar-refractivity contribution in [3.05, 3.63) is 34.7 Å². The first-order valence-corrected chi connectivity index (χ1v) is 13.7. The van der Waals surface area contributed by atoms with Crippen molar-refractivity contribution >= 4 is 40.5 Å². The van der Waals surface area contributed by atoms with Gasteiger partial charge in [0.2, 0.25) is 23.6 Å². The number of anilines is 1. The summed E-state index contributed by atoms with van der Waals surface area (Å²) in [6, 6.07) is 4.45. The van der Waals surface area contributed by atoms with E-state index in [0.29, 0.717) is 43.1 Å². The van der Waals surface area contributed by atoms with E-state index in [1.54, 1.807) is 36.2 Å². The van der Waals surface area contributed by atoms with E-state index in [1.165, 1.54) is 4.90 Å². The molecule has 1 aliphatic heterocycles. The van der Waals surface area contributed by atoms with Crippen LogP contribution in [0.3, 0.4) is 0 Å². The Hall–Kier alpha value is -3.96. The van der Waals surface area contributed by atoms with Crippen molar-refractivity contribution in [3.63, 3.8) is 0 Å². The number of para-hydroxylation sites is 1. The minimum Gasteiger partial charge on any atom is -0.389 e. The van der Waals surface area contributed by atoms with Crippen molar-refractivity contribution < 1.29 is 23.6 Å². The Morgan fingerprint density at radius 3 is 2.45 bits per heavy atom. The first-order chi connectivity index (χ1) is 18.9. The van der Waals surface area contributed by atoms with Gasteiger partial charge in [0.1, 0.15) is 18.1 Å². The molecule has 12 nitrogen and oxygen atoms in total. The monoisotopic (exact) mass is 556 g/mol. The largest absolute Gasteiger partial charge is 0.389 e. The molecule has 0 radical (unpaired) electrons. The molecule has 1 fully saturated rings. The molecule has 2 aromatic rings. The first kappa shape index (κ1) is 30.6. The van der Waals surface area contributed by atoms with Gasteiger partial charge in [0, 0.05) is 13.6 Å². The van der Waals surface area contributed by atoms with Crippen LogP contribution in [0.5, 0.6) is 0 Å². The zero-order chi connectivity index (χ0) is 29.6. The van der Waals surface area contributed by atoms with Crippen LogP contribution in [0.15, 0.2) is 33.5 Å². The van der Waals surface area contributed by atoms with E-state index in [-0.39, 0.29) is 30.3 Å². The number of hydrogen-bond donors (Lipinski definition) is 3. The summed E-state index contributed by atoms with van der Waals surface area (Å²) in [4.78, 5) is 71.3. The van der Waals surface area contributed by atoms with E-state index in [1.807, 2.05) is 27.7 Å². The lowest BCUT2D eigenvalue weighted by Gasteiger charge is -2.34. The third kappa shape index (κ3) is 7.57. The van der Waals surface area contributed by atoms with Crippen LogP contribution >= 0.6 is 0 Å². The second-order valence-electron chi connectivity index (χ2n) is 11.1. The van der Waals surface area contributed by atoms with E-state index in [9.17, 15) is 24.0 Å². The lowest BCUT2D eigenvalue weighted by atomic mass is 10.0. The Balaban J connectivity index is 1.83. The molecular weight excluding hydrogens is 516 g/mol. The number of hydrogen-bond acceptors (Lipinski definition) is 8. The number of likely N-dealkylation sites (tertiary alicyclic amines) is 1. The minimum atomic E-state index is -0.880. The standard InChI is InChI=1S/C28H40N6O6/c1-16(2)13-20(24(36)30-15-23(29)35)31-25(37)21-11-8-12-34(21)26(38)22(14-17(3)4)33(5)28-32-19-10-7-6-9-18(19)27(39)40-28/h6-7,9-10,16-17,20-22H,8,11-15H2,1-5H3,(H2,29,35)(H,30,36)(H,31,37)/t20-,21-,22-/m0/s1. The van der Waals surface area contributed by atoms with Crippen LogP contribution in [-0.2, 0) is 19.2 Å². The number of carbonyl (C=O) groups excluding carboxylic acids is 4. The first-order valence-electron chi connectivity index (χ1n) is 13.7. The molecule has 40 heavy (non-hydrogen) atoms. The van der Waals surface area contributed by atoms with Gasteiger partial charge in [-0.2, -0.15) is 4.98 Å². The van der Waals surface area contributed by atoms with Crippen molar-refractivity contribution in [3.8, 4) is 0 Å². The van der Waals surface area contributed by atoms with Gasteiger partial charge in [-0.05, 0) is 49.7 Å². The topological polar surface area (TPSA) is 168 Å². The number of nitrogens with zero attached hydrogens (tertiary/aromatic N) is 3. The molecule has 4 N–H and O–H groups in total. The number of nitrogens with one attached hydrogen (secondary N) is 2. The fourth-order valence-electron chi connectivity index (χ4n) is 4.93. The van der Waals surface area contributed by atoms with E-state index < -0.39 is 41.5 Å². The van der Waals surface area contributed by atoms with Crippen molar-refractivity contribution in [2.45, 2.75) is 71.5 Å². The fourth-order valence-corrected chi connectivity index (χ4v) is 4.93. The van der Waals surface area contributed by atoms with Crippen LogP contribution in [0.25, 0.3) is 10.9 Å². The highest BCUT2D eigenvalue weighted by Gasteiger charge is 2.40. The fraction of sp³-hybridized carbons (Fsp3) is 0.571. The number of benzene rings is 1. The van der Waals surface area contributed by atoms with Crippen molar-refractivity contribution in [1.29, 1.82) is 0 Å². The summed E-state index contributed by atoms with van der Waals surface area (Å²) in [7, 11) is 1.65. The van der Waals surface area contributed by atoms with Gasteiger partial charge in [0.25, 0.3) is 0 Å². The van der Waals surface area contributed by atoms with Crippen LogP contribution in [0.2, 0.25) is 0 Å². The molecule has 1 aromatic heterocycles. The zero-order valence-corrected chi connectivity index (χ0v) is 23.8. The van der Waals surface area contributed by atoms with E-state index in [2.05, 4.69) is 15.6 Å². The normalized spacial score (nSPS) is 16.7. The molecule has 4 amide bonds. The van der Waals surface area contributed by atoms with Gasteiger partial charge in [0.05, 0.1) is 17.4 Å². The minimum absolute atomic E-state index is 0.0195. The summed E-state index contributed by atoms with van der Waals surface area (Å²) in [5.74, 6) is -1.72. The predicted octanol–water partition coefficient (Wildman–Crippen LogP) is 1.16. The van der Waals surface area contributed by atoms with Crippen molar-refractivity contribution in [1.82, 2.24) is 20.5 Å². The average Bonchev–Trinajstić information content (AvgIpc) is 3.39. The van der Waals surface area contributed by atoms with Crippen LogP contribution < -0.4 is 26.9 Å². The SMILES string of the molecule is CC(C)C[C@H](NC(=O)[C@@H]1CCCN1C(=O)[C@H](CC(C)C)N(C)c1nc2ccccc2c(=O)o1)C(=O)NCC(N)=O. The molecular formula is C28H40N6O6. The van der Waals surface area contributed by atoms with E-state index in [0.717, 1.165) is 0 Å². The maximum Gasteiger partial charge on any atom is 0.348 e. The highest BCUT2D eigenvalue weighted by atomic mass is 16.4. The molecule has 12 heteroatoms. The number of amides is 4. The van der Waals surface area contributed by atoms with Gasteiger partial charge < -0.3 is 30.6 Å². The third-order valence-corrected chi connectivity index (χ3v) is 6.89. The number of likely N-dealkylation sites (N-methyl/N-ethyl adjacent to an activating group) is 1. The van der Waals surface area contributed by atoms with Gasteiger partial charge in [-0.1, -0.05) is 39.8 Å². The molecule has 1 aromatic carbocycles. The Bertz CT molecular complexity index is 1290. The van der Waals surface area contributed by atoms with Gasteiger partial charge in [-0.25, -0.2) is 4.79 Å². The number of rotatable bonds is 12. The van der Waals surface area contributed by atoms with Crippen LogP contribution in [0, 0.1) is 11.8 Å². The van der Waals surface area contributed by atoms with E-state index in [4.69, 9.17) is 10.2 Å². The average molecular weight is 557 g/mol. The summed E-state index contributed by atoms with van der Waals surface area (Å²) >= 11 is 0. The predicted molar refractivity (Wildman–Crippen MR) is 150 cm³/mol. The molecule has 0 bridgehead atoms. The van der Waals surface area contributed by atoms with Gasteiger partial charge in [-0.15, -0.1) is 0 Å². The van der Waals surface area contributed by atoms with Crippen LogP contribution in [0.1, 0.15) is 53.4 Å². The maximum atomic E-state index is 14.0. The maximum absolute atomic E-state index is 14.0. The van der Waals surface area contributed by atoms with Crippen LogP contribution in [0.4, 0.5) is 6.01 Å². The van der Waals surface area contributed by atoms with Gasteiger partial charge >= 0.3 is 11.6 Å². The third-order valence-electron chi connectivity index (χ3n) is 6.89. The summed E-state index contributed by atoms with van der Waals surface area (Å²) in [5.41, 5.74) is 5.05. The van der Waals surface area contributed by atoms with E-state index >= 15 is 0 Å². The Kier molecular flexibility index (Phi) is 10.2. The summed E-state index contributed by atoms with van der Waals surface area (Å²) < 4.78 is 5.49. The van der Waals surface area contributed by atoms with Gasteiger partial charge in [0.15, 0.2) is 0 Å². The number of fused-ring (bicyclic) bond motifs is 1. The summed E-state index contributed by atoms with van der Waals surface area (Å²) in [6.07, 6.45) is 1.84. The molecule has 0 aliphatic carbocycles. The molecule has 1 saturated heterocycles. The second-order valence-corrected chi connectivity index (χ2v) is 11.1. The molecule has 0 saturated carbocycles. The molecule has 2 heterocycles. The van der Waals surface area contributed by atoms with Crippen molar-refractivity contribution in [2.24, 2.45) is 17.6 Å². The highest BCUT2D eigenvalue weighted by Crippen LogP contribution is 2.25. The highest BCUT2D eigenvalue weighted by molar-refractivity contribution is 5.95. The second kappa shape index (κ2) is 13.4. The number of aromatic nitrogens is 1. The summed E-state index contributed by atoms with van der Waals surface area (Å²) in [6.45, 7) is 7.83. The quantitative estimate of drug-likeness (QED) is 0.350. The number of primary amides is 1. The molecule has 1 aliphatic rings. The molecule has 0 unspecified atom stereocenters. The lowest BCUT2D eigenvalue weighted by Crippen LogP contribution is -2.56. The van der Waals surface area contributed by atoms with Gasteiger partial charge in [-0.3, -0.25) is 19.2 Å². The molecule has 0 spiro atoms. The molecule has 218 valence electrons. The zero-order valence-electron chi connectivity index (χ0n) is 23.8. The number of carbonyl (C=O) groups is 4. The van der Waals surface area contributed by atoms with Crippen molar-refractivity contribution in [2.75, 3.05) is 25.0 Å².